The van der Waals surface area contributed by atoms with E-state index in [2.05, 4.69) is 0 Å². The van der Waals surface area contributed by atoms with Crippen LogP contribution >= 0.6 is 23.4 Å². The summed E-state index contributed by atoms with van der Waals surface area (Å²) >= 11 is 7.55. The molecule has 0 bridgehead atoms. The molecule has 0 amide bonds. The second-order valence-electron chi connectivity index (χ2n) is 3.21. The Morgan fingerprint density at radius 3 is 2.50 bits per heavy atom. The first-order chi connectivity index (χ1) is 7.79. The molecule has 0 aliphatic carbocycles. The van der Waals surface area contributed by atoms with Crippen LogP contribution in [-0.2, 0) is 0 Å². The summed E-state index contributed by atoms with van der Waals surface area (Å²) in [5.41, 5.74) is 0. The molecule has 0 aliphatic rings. The number of hydrogen-bond donors (Lipinski definition) is 0. The Hall–Kier alpha value is -1.12. The zero-order valence-corrected chi connectivity index (χ0v) is 10.4. The highest BCUT2D eigenvalue weighted by Crippen LogP contribution is 2.33. The van der Waals surface area contributed by atoms with Gasteiger partial charge >= 0.3 is 0 Å². The highest BCUT2D eigenvalue weighted by atomic mass is 35.5. The maximum Gasteiger partial charge on any atom is 0.141 e. The van der Waals surface area contributed by atoms with E-state index in [9.17, 15) is 0 Å². The molecule has 0 radical (unpaired) electrons. The topological polar surface area (TPSA) is 9.23 Å². The van der Waals surface area contributed by atoms with Gasteiger partial charge in [-0.25, -0.2) is 0 Å². The zero-order chi connectivity index (χ0) is 11.4. The Labute approximate surface area is 104 Å². The normalized spacial score (nSPS) is 10.1. The van der Waals surface area contributed by atoms with E-state index in [1.54, 1.807) is 11.8 Å². The van der Waals surface area contributed by atoms with Crippen LogP contribution in [0, 0.1) is 0 Å². The van der Waals surface area contributed by atoms with Crippen LogP contribution < -0.4 is 4.74 Å². The van der Waals surface area contributed by atoms with Crippen LogP contribution in [0.3, 0.4) is 0 Å². The van der Waals surface area contributed by atoms with Crippen LogP contribution in [0.5, 0.6) is 11.5 Å². The summed E-state index contributed by atoms with van der Waals surface area (Å²) in [5, 5.41) is 0.727. The van der Waals surface area contributed by atoms with E-state index in [0.29, 0.717) is 0 Å². The summed E-state index contributed by atoms with van der Waals surface area (Å²) in [4.78, 5) is 1.04. The molecule has 1 nitrogen and oxygen atoms in total. The predicted octanol–water partition coefficient (Wildman–Crippen LogP) is 4.85. The highest BCUT2D eigenvalue weighted by Gasteiger charge is 2.04. The lowest BCUT2D eigenvalue weighted by Gasteiger charge is -2.09. The average molecular weight is 251 g/mol. The third-order valence-corrected chi connectivity index (χ3v) is 3.09. The first-order valence-electron chi connectivity index (χ1n) is 4.86. The molecule has 2 aromatic rings. The molecule has 0 aromatic heterocycles. The van der Waals surface area contributed by atoms with E-state index in [1.165, 1.54) is 0 Å². The zero-order valence-electron chi connectivity index (χ0n) is 8.81. The van der Waals surface area contributed by atoms with Crippen LogP contribution in [0.25, 0.3) is 0 Å². The molecule has 0 atom stereocenters. The van der Waals surface area contributed by atoms with Crippen molar-refractivity contribution in [1.29, 1.82) is 0 Å². The minimum absolute atomic E-state index is 0.727. The number of hydrogen-bond acceptors (Lipinski definition) is 2. The van der Waals surface area contributed by atoms with Crippen molar-refractivity contribution in [3.05, 3.63) is 53.6 Å². The average Bonchev–Trinajstić information content (AvgIpc) is 2.33. The van der Waals surface area contributed by atoms with Gasteiger partial charge < -0.3 is 4.74 Å². The van der Waals surface area contributed by atoms with Gasteiger partial charge in [0.1, 0.15) is 11.5 Å². The molecule has 0 heterocycles. The molecule has 0 aliphatic heterocycles. The fourth-order valence-electron chi connectivity index (χ4n) is 1.34. The molecule has 0 saturated heterocycles. The Morgan fingerprint density at radius 2 is 1.81 bits per heavy atom. The maximum atomic E-state index is 5.93. The number of halogens is 1. The lowest BCUT2D eigenvalue weighted by Crippen LogP contribution is -1.86. The first kappa shape index (κ1) is 11.4. The number of benzene rings is 2. The predicted molar refractivity (Wildman–Crippen MR) is 69.7 cm³/mol. The second-order valence-corrected chi connectivity index (χ2v) is 4.49. The minimum atomic E-state index is 0.727. The smallest absolute Gasteiger partial charge is 0.141 e. The molecule has 0 saturated carbocycles. The van der Waals surface area contributed by atoms with Crippen LogP contribution in [0.1, 0.15) is 0 Å². The molecule has 2 aromatic carbocycles. The molecule has 82 valence electrons. The SMILES string of the molecule is CSc1cc(Cl)ccc1Oc1ccccc1. The molecule has 0 N–H and O–H groups in total. The van der Waals surface area contributed by atoms with Gasteiger partial charge in [-0.05, 0) is 36.6 Å². The fraction of sp³-hybridized carbons (Fsp3) is 0.0769. The van der Waals surface area contributed by atoms with E-state index in [1.807, 2.05) is 54.8 Å². The van der Waals surface area contributed by atoms with Crippen molar-refractivity contribution in [3.63, 3.8) is 0 Å². The molecule has 0 fully saturated rings. The van der Waals surface area contributed by atoms with E-state index >= 15 is 0 Å². The van der Waals surface area contributed by atoms with Gasteiger partial charge in [0.15, 0.2) is 0 Å². The van der Waals surface area contributed by atoms with Crippen molar-refractivity contribution in [2.45, 2.75) is 4.90 Å². The lowest BCUT2D eigenvalue weighted by molar-refractivity contribution is 0.471. The van der Waals surface area contributed by atoms with Gasteiger partial charge in [-0.15, -0.1) is 11.8 Å². The molecule has 16 heavy (non-hydrogen) atoms. The second kappa shape index (κ2) is 5.28. The number of ether oxygens (including phenoxy) is 1. The standard InChI is InChI=1S/C13H11ClOS/c1-16-13-9-10(14)7-8-12(13)15-11-5-3-2-4-6-11/h2-9H,1H3. The summed E-state index contributed by atoms with van der Waals surface area (Å²) < 4.78 is 5.78. The Morgan fingerprint density at radius 1 is 1.06 bits per heavy atom. The number of rotatable bonds is 3. The van der Waals surface area contributed by atoms with Gasteiger partial charge in [0.05, 0.1) is 4.90 Å². The van der Waals surface area contributed by atoms with Crippen LogP contribution in [-0.4, -0.2) is 6.26 Å². The van der Waals surface area contributed by atoms with Crippen molar-refractivity contribution in [2.75, 3.05) is 6.26 Å². The minimum Gasteiger partial charge on any atom is -0.456 e. The van der Waals surface area contributed by atoms with E-state index in [-0.39, 0.29) is 0 Å². The van der Waals surface area contributed by atoms with Gasteiger partial charge in [0.2, 0.25) is 0 Å². The van der Waals surface area contributed by atoms with Gasteiger partial charge in [-0.1, -0.05) is 29.8 Å². The van der Waals surface area contributed by atoms with Gasteiger partial charge in [-0.2, -0.15) is 0 Å². The lowest BCUT2D eigenvalue weighted by atomic mass is 10.3. The van der Waals surface area contributed by atoms with Crippen LogP contribution in [0.15, 0.2) is 53.4 Å². The molecular formula is C13H11ClOS. The van der Waals surface area contributed by atoms with Crippen molar-refractivity contribution >= 4 is 23.4 Å². The van der Waals surface area contributed by atoms with Gasteiger partial charge in [-0.3, -0.25) is 0 Å². The van der Waals surface area contributed by atoms with E-state index in [4.69, 9.17) is 16.3 Å². The Kier molecular flexibility index (Phi) is 3.75. The molecular weight excluding hydrogens is 240 g/mol. The maximum absolute atomic E-state index is 5.93. The molecule has 3 heteroatoms. The van der Waals surface area contributed by atoms with Crippen LogP contribution in [0.2, 0.25) is 5.02 Å². The Balaban J connectivity index is 2.28. The van der Waals surface area contributed by atoms with Crippen molar-refractivity contribution < 1.29 is 4.74 Å². The Bertz CT molecular complexity index is 471. The van der Waals surface area contributed by atoms with Crippen molar-refractivity contribution in [1.82, 2.24) is 0 Å². The van der Waals surface area contributed by atoms with Crippen molar-refractivity contribution in [3.8, 4) is 11.5 Å². The summed E-state index contributed by atoms with van der Waals surface area (Å²) in [7, 11) is 0. The largest absolute Gasteiger partial charge is 0.456 e. The fourth-order valence-corrected chi connectivity index (χ4v) is 2.13. The number of para-hydroxylation sites is 1. The van der Waals surface area contributed by atoms with Gasteiger partial charge in [0.25, 0.3) is 0 Å². The quantitative estimate of drug-likeness (QED) is 0.720. The molecule has 0 spiro atoms. The van der Waals surface area contributed by atoms with E-state index < -0.39 is 0 Å². The summed E-state index contributed by atoms with van der Waals surface area (Å²) in [6.45, 7) is 0. The van der Waals surface area contributed by atoms with E-state index in [0.717, 1.165) is 21.4 Å². The van der Waals surface area contributed by atoms with Crippen LogP contribution in [0.4, 0.5) is 0 Å². The monoisotopic (exact) mass is 250 g/mol. The number of thioether (sulfide) groups is 1. The molecule has 0 unspecified atom stereocenters. The summed E-state index contributed by atoms with van der Waals surface area (Å²) in [6, 6.07) is 15.3. The van der Waals surface area contributed by atoms with Crippen molar-refractivity contribution in [2.24, 2.45) is 0 Å². The summed E-state index contributed by atoms with van der Waals surface area (Å²) in [5.74, 6) is 1.67. The third kappa shape index (κ3) is 2.71. The van der Waals surface area contributed by atoms with Gasteiger partial charge in [0, 0.05) is 5.02 Å². The third-order valence-electron chi connectivity index (χ3n) is 2.10. The summed E-state index contributed by atoms with van der Waals surface area (Å²) in [6.07, 6.45) is 2.00. The highest BCUT2D eigenvalue weighted by molar-refractivity contribution is 7.98. The first-order valence-corrected chi connectivity index (χ1v) is 6.46. The molecule has 2 rings (SSSR count).